The number of aliphatic imine (C=N–C) groups is 1. The molecule has 0 saturated heterocycles. The van der Waals surface area contributed by atoms with Crippen LogP contribution in [0.25, 0.3) is 0 Å². The molecule has 0 bridgehead atoms. The topological polar surface area (TPSA) is 79.8 Å². The summed E-state index contributed by atoms with van der Waals surface area (Å²) in [5.41, 5.74) is 1.49. The number of nitrogens with zero attached hydrogens (tertiary/aromatic N) is 1. The monoisotopic (exact) mass is 297 g/mol. The van der Waals surface area contributed by atoms with Crippen molar-refractivity contribution < 1.29 is 13.2 Å². The van der Waals surface area contributed by atoms with Crippen molar-refractivity contribution in [1.82, 2.24) is 5.32 Å². The van der Waals surface area contributed by atoms with Crippen molar-refractivity contribution in [3.63, 3.8) is 0 Å². The number of hydrogen-bond donors (Lipinski definition) is 2. The van der Waals surface area contributed by atoms with E-state index in [1.54, 1.807) is 6.07 Å². The Bertz CT molecular complexity index is 611. The molecule has 7 heteroatoms. The van der Waals surface area contributed by atoms with Gasteiger partial charge in [0.1, 0.15) is 11.6 Å². The third-order valence-corrected chi connectivity index (χ3v) is 3.35. The first-order chi connectivity index (χ1) is 9.48. The highest BCUT2D eigenvalue weighted by atomic mass is 32.2. The molecule has 20 heavy (non-hydrogen) atoms. The number of ether oxygens (including phenoxy) is 1. The van der Waals surface area contributed by atoms with Crippen LogP contribution in [0.1, 0.15) is 12.5 Å². The van der Waals surface area contributed by atoms with Gasteiger partial charge in [-0.25, -0.2) is 8.42 Å². The molecule has 6 nitrogen and oxygen atoms in total. The van der Waals surface area contributed by atoms with Crippen molar-refractivity contribution in [1.29, 1.82) is 0 Å². The van der Waals surface area contributed by atoms with Gasteiger partial charge >= 0.3 is 0 Å². The minimum atomic E-state index is -3.32. The Hall–Kier alpha value is -1.76. The molecule has 1 aliphatic rings. The molecule has 2 N–H and O–H groups in total. The minimum Gasteiger partial charge on any atom is -0.492 e. The van der Waals surface area contributed by atoms with E-state index in [1.165, 1.54) is 0 Å². The van der Waals surface area contributed by atoms with Gasteiger partial charge in [0.2, 0.25) is 10.0 Å². The number of anilines is 1. The van der Waals surface area contributed by atoms with Crippen LogP contribution >= 0.6 is 0 Å². The van der Waals surface area contributed by atoms with Crippen LogP contribution < -0.4 is 14.8 Å². The van der Waals surface area contributed by atoms with E-state index in [0.29, 0.717) is 24.5 Å². The van der Waals surface area contributed by atoms with Crippen LogP contribution in [0.3, 0.4) is 0 Å². The number of rotatable bonds is 6. The van der Waals surface area contributed by atoms with Crippen LogP contribution in [0.4, 0.5) is 5.69 Å². The predicted octanol–water partition coefficient (Wildman–Crippen LogP) is 1.00. The van der Waals surface area contributed by atoms with E-state index in [9.17, 15) is 8.42 Å². The van der Waals surface area contributed by atoms with Gasteiger partial charge in [-0.3, -0.25) is 9.71 Å². The van der Waals surface area contributed by atoms with Crippen LogP contribution in [0.2, 0.25) is 0 Å². The summed E-state index contributed by atoms with van der Waals surface area (Å²) in [6.07, 6.45) is 1.81. The quantitative estimate of drug-likeness (QED) is 0.821. The van der Waals surface area contributed by atoms with E-state index < -0.39 is 10.0 Å². The highest BCUT2D eigenvalue weighted by Crippen LogP contribution is 2.27. The number of amidine groups is 1. The first kappa shape index (κ1) is 14.6. The van der Waals surface area contributed by atoms with Crippen LogP contribution in [0.15, 0.2) is 23.2 Å². The molecule has 0 amide bonds. The lowest BCUT2D eigenvalue weighted by molar-refractivity contribution is 0.342. The zero-order chi connectivity index (χ0) is 14.6. The second kappa shape index (κ2) is 6.13. The third-order valence-electron chi connectivity index (χ3n) is 2.76. The van der Waals surface area contributed by atoms with E-state index in [4.69, 9.17) is 4.74 Å². The van der Waals surface area contributed by atoms with Crippen LogP contribution in [0, 0.1) is 0 Å². The molecule has 0 spiro atoms. The fourth-order valence-corrected chi connectivity index (χ4v) is 2.56. The highest BCUT2D eigenvalue weighted by molar-refractivity contribution is 7.92. The van der Waals surface area contributed by atoms with Gasteiger partial charge in [-0.05, 0) is 24.6 Å². The number of hydrogen-bond acceptors (Lipinski definition) is 5. The van der Waals surface area contributed by atoms with Crippen molar-refractivity contribution in [3.05, 3.63) is 23.8 Å². The third kappa shape index (κ3) is 4.12. The second-order valence-electron chi connectivity index (χ2n) is 4.57. The molecule has 0 aromatic heterocycles. The molecule has 0 radical (unpaired) electrons. The fourth-order valence-electron chi connectivity index (χ4n) is 1.99. The highest BCUT2D eigenvalue weighted by Gasteiger charge is 2.12. The van der Waals surface area contributed by atoms with Crippen LogP contribution in [-0.4, -0.2) is 40.2 Å². The van der Waals surface area contributed by atoms with E-state index in [-0.39, 0.29) is 0 Å². The predicted molar refractivity (Wildman–Crippen MR) is 80.1 cm³/mol. The molecule has 0 aliphatic carbocycles. The van der Waals surface area contributed by atoms with Crippen LogP contribution in [-0.2, 0) is 16.4 Å². The molecule has 0 fully saturated rings. The summed E-state index contributed by atoms with van der Waals surface area (Å²) < 4.78 is 30.6. The SMILES string of the molecule is CCOc1cc(CC2=NCCN2)ccc1NS(C)(=O)=O. The Kier molecular flexibility index (Phi) is 4.49. The van der Waals surface area contributed by atoms with Gasteiger partial charge in [-0.1, -0.05) is 6.07 Å². The molecule has 110 valence electrons. The van der Waals surface area contributed by atoms with Gasteiger partial charge in [0, 0.05) is 13.0 Å². The average Bonchev–Trinajstić information content (AvgIpc) is 2.84. The second-order valence-corrected chi connectivity index (χ2v) is 6.32. The van der Waals surface area contributed by atoms with Gasteiger partial charge in [0.15, 0.2) is 0 Å². The Morgan fingerprint density at radius 1 is 1.45 bits per heavy atom. The first-order valence-corrected chi connectivity index (χ1v) is 8.38. The Morgan fingerprint density at radius 2 is 2.25 bits per heavy atom. The summed E-state index contributed by atoms with van der Waals surface area (Å²) >= 11 is 0. The largest absolute Gasteiger partial charge is 0.492 e. The summed E-state index contributed by atoms with van der Waals surface area (Å²) in [6, 6.07) is 5.44. The number of benzene rings is 1. The van der Waals surface area contributed by atoms with Crippen LogP contribution in [0.5, 0.6) is 5.75 Å². The molecule has 1 heterocycles. The molecule has 0 atom stereocenters. The van der Waals surface area contributed by atoms with E-state index in [2.05, 4.69) is 15.0 Å². The molecule has 1 aliphatic heterocycles. The smallest absolute Gasteiger partial charge is 0.229 e. The Labute approximate surface area is 119 Å². The lowest BCUT2D eigenvalue weighted by Gasteiger charge is -2.13. The van der Waals surface area contributed by atoms with E-state index >= 15 is 0 Å². The van der Waals surface area contributed by atoms with E-state index in [1.807, 2.05) is 19.1 Å². The van der Waals surface area contributed by atoms with Crippen molar-refractivity contribution in [2.45, 2.75) is 13.3 Å². The number of nitrogens with one attached hydrogen (secondary N) is 2. The maximum absolute atomic E-state index is 11.3. The van der Waals surface area contributed by atoms with E-state index in [0.717, 1.165) is 30.7 Å². The van der Waals surface area contributed by atoms with Gasteiger partial charge in [0.25, 0.3) is 0 Å². The lowest BCUT2D eigenvalue weighted by Crippen LogP contribution is -2.20. The van der Waals surface area contributed by atoms with Crippen molar-refractivity contribution in [2.75, 3.05) is 30.7 Å². The average molecular weight is 297 g/mol. The maximum Gasteiger partial charge on any atom is 0.229 e. The van der Waals surface area contributed by atoms with Crippen molar-refractivity contribution in [3.8, 4) is 5.75 Å². The summed E-state index contributed by atoms with van der Waals surface area (Å²) in [5.74, 6) is 1.49. The Balaban J connectivity index is 2.22. The number of sulfonamides is 1. The fraction of sp³-hybridized carbons (Fsp3) is 0.462. The normalized spacial score (nSPS) is 14.6. The first-order valence-electron chi connectivity index (χ1n) is 6.48. The molecular weight excluding hydrogens is 278 g/mol. The lowest BCUT2D eigenvalue weighted by atomic mass is 10.1. The minimum absolute atomic E-state index is 0.458. The molecule has 1 aromatic carbocycles. The molecular formula is C13H19N3O3S. The van der Waals surface area contributed by atoms with Gasteiger partial charge in [-0.2, -0.15) is 0 Å². The van der Waals surface area contributed by atoms with Crippen molar-refractivity contribution in [2.24, 2.45) is 4.99 Å². The van der Waals surface area contributed by atoms with Crippen molar-refractivity contribution >= 4 is 21.5 Å². The van der Waals surface area contributed by atoms with Gasteiger partial charge in [0.05, 0.1) is 25.1 Å². The zero-order valence-electron chi connectivity index (χ0n) is 11.6. The van der Waals surface area contributed by atoms with Gasteiger partial charge < -0.3 is 10.1 Å². The summed E-state index contributed by atoms with van der Waals surface area (Å²) in [5, 5.41) is 3.21. The zero-order valence-corrected chi connectivity index (χ0v) is 12.5. The summed E-state index contributed by atoms with van der Waals surface area (Å²) in [4.78, 5) is 4.34. The Morgan fingerprint density at radius 3 is 2.85 bits per heavy atom. The summed E-state index contributed by atoms with van der Waals surface area (Å²) in [7, 11) is -3.32. The molecule has 1 aromatic rings. The van der Waals surface area contributed by atoms with Gasteiger partial charge in [-0.15, -0.1) is 0 Å². The molecule has 0 saturated carbocycles. The maximum atomic E-state index is 11.3. The molecule has 2 rings (SSSR count). The standard InChI is InChI=1S/C13H19N3O3S/c1-3-19-12-8-10(9-13-14-6-7-15-13)4-5-11(12)16-20(2,17)18/h4-5,8,16H,3,6-7,9H2,1-2H3,(H,14,15). The summed E-state index contributed by atoms with van der Waals surface area (Å²) in [6.45, 7) is 4.02. The molecule has 0 unspecified atom stereocenters.